The number of aryl methyl sites for hydroxylation is 1. The third-order valence-corrected chi connectivity index (χ3v) is 5.57. The molecule has 1 atom stereocenters. The number of anilines is 1. The molecule has 3 aromatic rings. The monoisotopic (exact) mass is 453 g/mol. The van der Waals surface area contributed by atoms with Crippen molar-refractivity contribution in [1.82, 2.24) is 9.78 Å². The lowest BCUT2D eigenvalue weighted by atomic mass is 10.2. The molecule has 3 rings (SSSR count). The first kappa shape index (κ1) is 23.4. The quantitative estimate of drug-likeness (QED) is 0.482. The Morgan fingerprint density at radius 1 is 1.06 bits per heavy atom. The van der Waals surface area contributed by atoms with Gasteiger partial charge in [-0.1, -0.05) is 29.5 Å². The average Bonchev–Trinajstić information content (AvgIpc) is 2.78. The molecule has 0 aliphatic heterocycles. The number of carbonyl (C=O) groups is 1. The van der Waals surface area contributed by atoms with Crippen LogP contribution in [0.5, 0.6) is 11.5 Å². The molecule has 2 aromatic carbocycles. The number of amides is 1. The van der Waals surface area contributed by atoms with Crippen LogP contribution in [0.25, 0.3) is 5.69 Å². The summed E-state index contributed by atoms with van der Waals surface area (Å²) in [6.07, 6.45) is 0. The second-order valence-electron chi connectivity index (χ2n) is 7.03. The summed E-state index contributed by atoms with van der Waals surface area (Å²) in [5, 5.41) is 7.46. The Hall–Kier alpha value is -3.26. The zero-order valence-corrected chi connectivity index (χ0v) is 19.4. The fraction of sp³-hybridized carbons (Fsp3) is 0.292. The van der Waals surface area contributed by atoms with Crippen LogP contribution in [0.1, 0.15) is 26.3 Å². The fourth-order valence-electron chi connectivity index (χ4n) is 2.94. The minimum absolute atomic E-state index is 0.209. The summed E-state index contributed by atoms with van der Waals surface area (Å²) in [5.74, 6) is 1.02. The molecule has 1 heterocycles. The molecule has 1 N–H and O–H groups in total. The number of rotatable bonds is 9. The third-order valence-electron chi connectivity index (χ3n) is 4.54. The van der Waals surface area contributed by atoms with Crippen molar-refractivity contribution in [3.63, 3.8) is 0 Å². The maximum Gasteiger partial charge on any atom is 0.271 e. The van der Waals surface area contributed by atoms with Crippen molar-refractivity contribution in [3.8, 4) is 17.2 Å². The maximum absolute atomic E-state index is 12.9. The Bertz CT molecular complexity index is 1130. The lowest BCUT2D eigenvalue weighted by Crippen LogP contribution is -2.24. The minimum atomic E-state index is -0.461. The van der Waals surface area contributed by atoms with Crippen LogP contribution >= 0.6 is 11.8 Å². The van der Waals surface area contributed by atoms with Gasteiger partial charge in [-0.25, -0.2) is 0 Å². The van der Waals surface area contributed by atoms with E-state index in [1.54, 1.807) is 31.2 Å². The van der Waals surface area contributed by atoms with Crippen LogP contribution in [0.4, 0.5) is 5.69 Å². The third kappa shape index (κ3) is 5.91. The molecule has 0 aliphatic carbocycles. The van der Waals surface area contributed by atoms with Gasteiger partial charge in [0.2, 0.25) is 5.91 Å². The highest BCUT2D eigenvalue weighted by atomic mass is 32.2. The fourth-order valence-corrected chi connectivity index (χ4v) is 3.75. The van der Waals surface area contributed by atoms with E-state index in [1.807, 2.05) is 45.0 Å². The summed E-state index contributed by atoms with van der Waals surface area (Å²) >= 11 is 1.27. The van der Waals surface area contributed by atoms with Gasteiger partial charge in [0, 0.05) is 12.1 Å². The average molecular weight is 454 g/mol. The van der Waals surface area contributed by atoms with Crippen LogP contribution in [0.15, 0.2) is 64.4 Å². The van der Waals surface area contributed by atoms with Crippen molar-refractivity contribution in [3.05, 3.63) is 70.5 Å². The van der Waals surface area contributed by atoms with Gasteiger partial charge in [0.05, 0.1) is 29.8 Å². The van der Waals surface area contributed by atoms with Crippen molar-refractivity contribution in [2.24, 2.45) is 0 Å². The summed E-state index contributed by atoms with van der Waals surface area (Å²) < 4.78 is 12.5. The smallest absolute Gasteiger partial charge is 0.271 e. The van der Waals surface area contributed by atoms with Gasteiger partial charge in [-0.15, -0.1) is 0 Å². The van der Waals surface area contributed by atoms with Crippen LogP contribution in [0.3, 0.4) is 0 Å². The lowest BCUT2D eigenvalue weighted by Gasteiger charge is -2.16. The van der Waals surface area contributed by atoms with Gasteiger partial charge in [0.25, 0.3) is 5.56 Å². The molecule has 168 valence electrons. The molecule has 0 spiro atoms. The SMILES string of the molecule is CCOc1ccc(OCC)c(NC(=O)[C@H](C)Sc2ccc(=O)n(-c3ccc(C)cc3)n2)c1. The number of nitrogens with zero attached hydrogens (tertiary/aromatic N) is 2. The Labute approximate surface area is 191 Å². The number of hydrogen-bond acceptors (Lipinski definition) is 6. The predicted octanol–water partition coefficient (Wildman–Crippen LogP) is 4.46. The zero-order valence-electron chi connectivity index (χ0n) is 18.6. The van der Waals surface area contributed by atoms with Crippen molar-refractivity contribution in [2.45, 2.75) is 38.0 Å². The topological polar surface area (TPSA) is 82.5 Å². The van der Waals surface area contributed by atoms with Crippen LogP contribution in [0, 0.1) is 6.92 Å². The number of benzene rings is 2. The molecule has 32 heavy (non-hydrogen) atoms. The van der Waals surface area contributed by atoms with Crippen molar-refractivity contribution in [2.75, 3.05) is 18.5 Å². The number of nitrogens with one attached hydrogen (secondary N) is 1. The number of hydrogen-bond donors (Lipinski definition) is 1. The highest BCUT2D eigenvalue weighted by Crippen LogP contribution is 2.31. The van der Waals surface area contributed by atoms with E-state index >= 15 is 0 Å². The zero-order chi connectivity index (χ0) is 23.1. The number of carbonyl (C=O) groups excluding carboxylic acids is 1. The first-order chi connectivity index (χ1) is 15.4. The summed E-state index contributed by atoms with van der Waals surface area (Å²) in [4.78, 5) is 25.2. The Balaban J connectivity index is 1.76. The van der Waals surface area contributed by atoms with E-state index in [1.165, 1.54) is 22.5 Å². The summed E-state index contributed by atoms with van der Waals surface area (Å²) in [6, 6.07) is 15.9. The molecular weight excluding hydrogens is 426 g/mol. The summed E-state index contributed by atoms with van der Waals surface area (Å²) in [7, 11) is 0. The molecule has 0 radical (unpaired) electrons. The van der Waals surface area contributed by atoms with Crippen LogP contribution in [0.2, 0.25) is 0 Å². The van der Waals surface area contributed by atoms with E-state index in [2.05, 4.69) is 10.4 Å². The van der Waals surface area contributed by atoms with Gasteiger partial charge < -0.3 is 14.8 Å². The molecule has 0 bridgehead atoms. The van der Waals surface area contributed by atoms with E-state index in [-0.39, 0.29) is 11.5 Å². The molecule has 7 nitrogen and oxygen atoms in total. The lowest BCUT2D eigenvalue weighted by molar-refractivity contribution is -0.115. The van der Waals surface area contributed by atoms with E-state index in [9.17, 15) is 9.59 Å². The maximum atomic E-state index is 12.9. The van der Waals surface area contributed by atoms with E-state index in [4.69, 9.17) is 9.47 Å². The highest BCUT2D eigenvalue weighted by molar-refractivity contribution is 8.00. The number of thioether (sulfide) groups is 1. The molecule has 0 unspecified atom stereocenters. The van der Waals surface area contributed by atoms with Crippen molar-refractivity contribution in [1.29, 1.82) is 0 Å². The van der Waals surface area contributed by atoms with Gasteiger partial charge in [0.15, 0.2) is 0 Å². The number of ether oxygens (including phenoxy) is 2. The van der Waals surface area contributed by atoms with Crippen LogP contribution in [-0.4, -0.2) is 34.2 Å². The Kier molecular flexibility index (Phi) is 7.94. The largest absolute Gasteiger partial charge is 0.494 e. The van der Waals surface area contributed by atoms with Gasteiger partial charge in [-0.3, -0.25) is 9.59 Å². The van der Waals surface area contributed by atoms with Crippen molar-refractivity contribution < 1.29 is 14.3 Å². The first-order valence-corrected chi connectivity index (χ1v) is 11.3. The summed E-state index contributed by atoms with van der Waals surface area (Å²) in [6.45, 7) is 8.55. The normalized spacial score (nSPS) is 11.6. The molecular formula is C24H27N3O4S. The Morgan fingerprint density at radius 3 is 2.47 bits per heavy atom. The summed E-state index contributed by atoms with van der Waals surface area (Å²) in [5.41, 5.74) is 2.09. The Morgan fingerprint density at radius 2 is 1.78 bits per heavy atom. The molecule has 8 heteroatoms. The van der Waals surface area contributed by atoms with Crippen molar-refractivity contribution >= 4 is 23.4 Å². The van der Waals surface area contributed by atoms with Crippen LogP contribution < -0.4 is 20.3 Å². The van der Waals surface area contributed by atoms with E-state index in [0.29, 0.717) is 41.1 Å². The second-order valence-corrected chi connectivity index (χ2v) is 8.39. The second kappa shape index (κ2) is 10.9. The molecule has 1 amide bonds. The molecule has 0 fully saturated rings. The minimum Gasteiger partial charge on any atom is -0.494 e. The molecule has 0 saturated heterocycles. The number of aromatic nitrogens is 2. The van der Waals surface area contributed by atoms with Gasteiger partial charge in [-0.2, -0.15) is 9.78 Å². The van der Waals surface area contributed by atoms with Gasteiger partial charge in [-0.05, 0) is 58.0 Å². The standard InChI is InChI=1S/C24H27N3O4S/c1-5-30-19-11-12-21(31-6-2)20(15-19)25-24(29)17(4)32-22-13-14-23(28)27(26-22)18-9-7-16(3)8-10-18/h7-15,17H,5-6H2,1-4H3,(H,25,29)/t17-/m0/s1. The predicted molar refractivity (Wildman–Crippen MR) is 127 cm³/mol. The van der Waals surface area contributed by atoms with E-state index in [0.717, 1.165) is 5.56 Å². The van der Waals surface area contributed by atoms with Gasteiger partial charge >= 0.3 is 0 Å². The van der Waals surface area contributed by atoms with E-state index < -0.39 is 5.25 Å². The first-order valence-electron chi connectivity index (χ1n) is 10.5. The molecule has 1 aromatic heterocycles. The molecule has 0 aliphatic rings. The van der Waals surface area contributed by atoms with Crippen LogP contribution in [-0.2, 0) is 4.79 Å². The molecule has 0 saturated carbocycles. The van der Waals surface area contributed by atoms with Gasteiger partial charge in [0.1, 0.15) is 16.5 Å². The highest BCUT2D eigenvalue weighted by Gasteiger charge is 2.18.